The summed E-state index contributed by atoms with van der Waals surface area (Å²) in [7, 11) is 0. The van der Waals surface area contributed by atoms with Crippen molar-refractivity contribution in [1.82, 2.24) is 15.0 Å². The monoisotopic (exact) mass is 309 g/mol. The van der Waals surface area contributed by atoms with E-state index in [1.54, 1.807) is 4.90 Å². The van der Waals surface area contributed by atoms with Gasteiger partial charge in [-0.05, 0) is 12.8 Å². The van der Waals surface area contributed by atoms with Gasteiger partial charge in [-0.15, -0.1) is 0 Å². The molecule has 0 bridgehead atoms. The van der Waals surface area contributed by atoms with Crippen LogP contribution in [0.3, 0.4) is 0 Å². The highest BCUT2D eigenvalue weighted by Crippen LogP contribution is 2.47. The van der Waals surface area contributed by atoms with Gasteiger partial charge >= 0.3 is 5.97 Å². The smallest absolute Gasteiger partial charge is 0.319 e. The van der Waals surface area contributed by atoms with Crippen molar-refractivity contribution < 1.29 is 24.0 Å². The Bertz CT molecular complexity index is 593. The molecule has 1 atom stereocenters. The second-order valence-electron chi connectivity index (χ2n) is 6.14. The van der Waals surface area contributed by atoms with Crippen molar-refractivity contribution in [2.45, 2.75) is 38.7 Å². The lowest BCUT2D eigenvalue weighted by atomic mass is 10.1. The summed E-state index contributed by atoms with van der Waals surface area (Å²) < 4.78 is 10.8. The molecular weight excluding hydrogens is 290 g/mol. The molecule has 1 aliphatic heterocycles. The Hall–Kier alpha value is -1.96. The zero-order valence-electron chi connectivity index (χ0n) is 12.6. The summed E-state index contributed by atoms with van der Waals surface area (Å²) in [5, 5.41) is 13.1. The van der Waals surface area contributed by atoms with Gasteiger partial charge in [0.25, 0.3) is 0 Å². The van der Waals surface area contributed by atoms with Crippen LogP contribution in [0.5, 0.6) is 0 Å². The molecule has 8 heteroatoms. The van der Waals surface area contributed by atoms with Crippen molar-refractivity contribution in [3.8, 4) is 0 Å². The van der Waals surface area contributed by atoms with Crippen LogP contribution >= 0.6 is 0 Å². The molecule has 0 aromatic carbocycles. The lowest BCUT2D eigenvalue weighted by Gasteiger charge is -2.33. The van der Waals surface area contributed by atoms with Crippen LogP contribution in [0.2, 0.25) is 0 Å². The summed E-state index contributed by atoms with van der Waals surface area (Å²) in [4.78, 5) is 29.5. The summed E-state index contributed by atoms with van der Waals surface area (Å²) in [6.45, 7) is 4.86. The van der Waals surface area contributed by atoms with Crippen LogP contribution in [0.1, 0.15) is 50.4 Å². The van der Waals surface area contributed by atoms with Crippen LogP contribution in [0.25, 0.3) is 0 Å². The van der Waals surface area contributed by atoms with E-state index in [4.69, 9.17) is 9.26 Å². The Balaban J connectivity index is 1.71. The Morgan fingerprint density at radius 2 is 2.14 bits per heavy atom. The molecule has 1 unspecified atom stereocenters. The predicted octanol–water partition coefficient (Wildman–Crippen LogP) is 0.958. The molecule has 1 aromatic heterocycles. The second kappa shape index (κ2) is 5.35. The van der Waals surface area contributed by atoms with Gasteiger partial charge in [0.1, 0.15) is 11.5 Å². The quantitative estimate of drug-likeness (QED) is 0.825. The van der Waals surface area contributed by atoms with Gasteiger partial charge in [0.05, 0.1) is 13.2 Å². The number of carbonyl (C=O) groups is 2. The molecule has 2 heterocycles. The average molecular weight is 309 g/mol. The van der Waals surface area contributed by atoms with E-state index in [9.17, 15) is 14.7 Å². The highest BCUT2D eigenvalue weighted by molar-refractivity contribution is 6.04. The van der Waals surface area contributed by atoms with Gasteiger partial charge < -0.3 is 19.3 Å². The van der Waals surface area contributed by atoms with E-state index in [1.807, 2.05) is 13.8 Å². The maximum absolute atomic E-state index is 12.4. The number of amides is 1. The van der Waals surface area contributed by atoms with E-state index >= 15 is 0 Å². The SMILES string of the molecule is CC(C)c1nc(C2CN(C(=O)C3(C(=O)O)CC3)CCO2)no1. The van der Waals surface area contributed by atoms with Crippen molar-refractivity contribution in [3.63, 3.8) is 0 Å². The molecule has 1 amide bonds. The first-order chi connectivity index (χ1) is 10.4. The fourth-order valence-corrected chi connectivity index (χ4v) is 2.55. The number of morpholine rings is 1. The summed E-state index contributed by atoms with van der Waals surface area (Å²) in [6, 6.07) is 0. The third kappa shape index (κ3) is 2.47. The molecule has 120 valence electrons. The lowest BCUT2D eigenvalue weighted by Crippen LogP contribution is -2.47. The van der Waals surface area contributed by atoms with E-state index in [2.05, 4.69) is 10.1 Å². The van der Waals surface area contributed by atoms with Crippen LogP contribution in [0.4, 0.5) is 0 Å². The number of ether oxygens (including phenoxy) is 1. The number of rotatable bonds is 4. The maximum Gasteiger partial charge on any atom is 0.319 e. The van der Waals surface area contributed by atoms with E-state index in [-0.39, 0.29) is 18.4 Å². The first kappa shape index (κ1) is 15.0. The van der Waals surface area contributed by atoms with Crippen LogP contribution in [0, 0.1) is 5.41 Å². The van der Waals surface area contributed by atoms with Crippen molar-refractivity contribution in [2.24, 2.45) is 5.41 Å². The Kier molecular flexibility index (Phi) is 3.64. The van der Waals surface area contributed by atoms with E-state index in [1.165, 1.54) is 0 Å². The minimum Gasteiger partial charge on any atom is -0.480 e. The Morgan fingerprint density at radius 3 is 2.68 bits per heavy atom. The number of hydrogen-bond donors (Lipinski definition) is 1. The van der Waals surface area contributed by atoms with E-state index in [0.717, 1.165) is 0 Å². The van der Waals surface area contributed by atoms with Crippen LogP contribution in [0.15, 0.2) is 4.52 Å². The van der Waals surface area contributed by atoms with Gasteiger partial charge in [-0.2, -0.15) is 4.98 Å². The zero-order chi connectivity index (χ0) is 15.9. The first-order valence-electron chi connectivity index (χ1n) is 7.42. The van der Waals surface area contributed by atoms with Crippen LogP contribution in [-0.2, 0) is 14.3 Å². The lowest BCUT2D eigenvalue weighted by molar-refractivity contribution is -0.157. The molecule has 8 nitrogen and oxygen atoms in total. The fraction of sp³-hybridized carbons (Fsp3) is 0.714. The molecule has 1 saturated carbocycles. The van der Waals surface area contributed by atoms with Gasteiger partial charge in [-0.3, -0.25) is 9.59 Å². The number of aliphatic carboxylic acids is 1. The number of hydrogen-bond acceptors (Lipinski definition) is 6. The van der Waals surface area contributed by atoms with Crippen molar-refractivity contribution in [3.05, 3.63) is 11.7 Å². The van der Waals surface area contributed by atoms with Crippen molar-refractivity contribution in [2.75, 3.05) is 19.7 Å². The second-order valence-corrected chi connectivity index (χ2v) is 6.14. The molecule has 1 aliphatic carbocycles. The molecule has 1 saturated heterocycles. The molecule has 1 aromatic rings. The van der Waals surface area contributed by atoms with Crippen molar-refractivity contribution >= 4 is 11.9 Å². The number of nitrogens with zero attached hydrogens (tertiary/aromatic N) is 3. The summed E-state index contributed by atoms with van der Waals surface area (Å²) in [5.74, 6) is -0.333. The fourth-order valence-electron chi connectivity index (χ4n) is 2.55. The highest BCUT2D eigenvalue weighted by Gasteiger charge is 2.59. The van der Waals surface area contributed by atoms with Gasteiger partial charge in [0.15, 0.2) is 0 Å². The molecule has 0 radical (unpaired) electrons. The van der Waals surface area contributed by atoms with Gasteiger partial charge in [-0.1, -0.05) is 19.0 Å². The third-order valence-corrected chi connectivity index (χ3v) is 4.16. The summed E-state index contributed by atoms with van der Waals surface area (Å²) in [5.41, 5.74) is -1.22. The van der Waals surface area contributed by atoms with Crippen molar-refractivity contribution in [1.29, 1.82) is 0 Å². The number of aromatic nitrogens is 2. The van der Waals surface area contributed by atoms with Crippen LogP contribution < -0.4 is 0 Å². The molecule has 22 heavy (non-hydrogen) atoms. The Labute approximate surface area is 127 Å². The minimum absolute atomic E-state index is 0.115. The average Bonchev–Trinajstić information content (AvgIpc) is 3.16. The minimum atomic E-state index is -1.22. The topological polar surface area (TPSA) is 106 Å². The summed E-state index contributed by atoms with van der Waals surface area (Å²) in [6.07, 6.45) is 0.338. The zero-order valence-corrected chi connectivity index (χ0v) is 12.6. The number of carboxylic acid groups (broad SMARTS) is 1. The van der Waals surface area contributed by atoms with E-state index in [0.29, 0.717) is 37.7 Å². The third-order valence-electron chi connectivity index (χ3n) is 4.16. The normalized spacial score (nSPS) is 23.6. The van der Waals surface area contributed by atoms with Gasteiger partial charge in [0, 0.05) is 12.5 Å². The first-order valence-corrected chi connectivity index (χ1v) is 7.42. The summed E-state index contributed by atoms with van der Waals surface area (Å²) >= 11 is 0. The number of carboxylic acids is 1. The standard InChI is InChI=1S/C14H19N3O5/c1-8(2)11-15-10(16-22-11)9-7-17(5-6-21-9)12(18)14(3-4-14)13(19)20/h8-9H,3-7H2,1-2H3,(H,19,20). The van der Waals surface area contributed by atoms with Gasteiger partial charge in [-0.25, -0.2) is 0 Å². The molecule has 0 spiro atoms. The molecular formula is C14H19N3O5. The molecule has 3 rings (SSSR count). The molecule has 1 N–H and O–H groups in total. The Morgan fingerprint density at radius 1 is 1.41 bits per heavy atom. The predicted molar refractivity (Wildman–Crippen MR) is 73.0 cm³/mol. The van der Waals surface area contributed by atoms with Crippen LogP contribution in [-0.4, -0.2) is 51.7 Å². The van der Waals surface area contributed by atoms with E-state index < -0.39 is 17.5 Å². The van der Waals surface area contributed by atoms with Gasteiger partial charge in [0.2, 0.25) is 17.6 Å². The molecule has 2 aliphatic rings. The highest BCUT2D eigenvalue weighted by atomic mass is 16.5. The molecule has 2 fully saturated rings. The number of carbonyl (C=O) groups excluding carboxylic acids is 1. The maximum atomic E-state index is 12.4. The largest absolute Gasteiger partial charge is 0.480 e.